The van der Waals surface area contributed by atoms with E-state index in [-0.39, 0.29) is 0 Å². The molecule has 6 rings (SSSR count). The number of aromatic nitrogens is 2. The average molecular weight is 497 g/mol. The minimum absolute atomic E-state index is 0.312. The van der Waals surface area contributed by atoms with E-state index in [2.05, 4.69) is 4.98 Å². The summed E-state index contributed by atoms with van der Waals surface area (Å²) in [4.78, 5) is 11.5. The Morgan fingerprint density at radius 1 is 0.474 bits per heavy atom. The zero-order chi connectivity index (χ0) is 25.7. The van der Waals surface area contributed by atoms with Crippen molar-refractivity contribution in [1.29, 1.82) is 0 Å². The summed E-state index contributed by atoms with van der Waals surface area (Å²) in [6.45, 7) is 0. The normalized spacial score (nSPS) is 10.7. The van der Waals surface area contributed by atoms with Gasteiger partial charge in [-0.25, -0.2) is 9.97 Å². The van der Waals surface area contributed by atoms with Crippen molar-refractivity contribution >= 4 is 34.0 Å². The first-order chi connectivity index (χ1) is 18.7. The van der Waals surface area contributed by atoms with Gasteiger partial charge in [-0.2, -0.15) is 0 Å². The molecule has 0 atom stereocenters. The fourth-order valence-electron chi connectivity index (χ4n) is 4.18. The summed E-state index contributed by atoms with van der Waals surface area (Å²) in [7, 11) is 0. The molecule has 38 heavy (non-hydrogen) atoms. The number of nitrogens with two attached hydrogens (primary N) is 1. The van der Waals surface area contributed by atoms with Crippen molar-refractivity contribution in [3.63, 3.8) is 0 Å². The molecule has 0 radical (unpaired) electrons. The van der Waals surface area contributed by atoms with Crippen LogP contribution in [-0.2, 0) is 0 Å². The smallest absolute Gasteiger partial charge is 0.181 e. The van der Waals surface area contributed by atoms with Crippen molar-refractivity contribution in [1.82, 2.24) is 9.97 Å². The standard InChI is InChI=1S/C32H24N4O2/c33-31-32(35-30-20-8-7-19-29(30)34-31)36(23-11-9-17-27(21-23)37-25-13-3-1-4-14-25)24-12-10-18-28(22-24)38-26-15-5-2-6-16-26/h1-22H,(H2,33,34). The monoisotopic (exact) mass is 496 g/mol. The number of nitrogen functional groups attached to an aromatic ring is 1. The number of hydrogen-bond acceptors (Lipinski definition) is 6. The van der Waals surface area contributed by atoms with E-state index in [4.69, 9.17) is 20.2 Å². The van der Waals surface area contributed by atoms with Gasteiger partial charge in [0.15, 0.2) is 11.6 Å². The number of benzene rings is 5. The van der Waals surface area contributed by atoms with Crippen LogP contribution in [0.15, 0.2) is 133 Å². The number of anilines is 4. The highest BCUT2D eigenvalue weighted by molar-refractivity contribution is 5.86. The van der Waals surface area contributed by atoms with E-state index in [0.29, 0.717) is 23.1 Å². The number of nitrogens with zero attached hydrogens (tertiary/aromatic N) is 3. The fourth-order valence-corrected chi connectivity index (χ4v) is 4.18. The van der Waals surface area contributed by atoms with Gasteiger partial charge in [0.05, 0.1) is 22.4 Å². The summed E-state index contributed by atoms with van der Waals surface area (Å²) in [5.74, 6) is 3.69. The first-order valence-electron chi connectivity index (χ1n) is 12.2. The lowest BCUT2D eigenvalue weighted by Crippen LogP contribution is -2.15. The van der Waals surface area contributed by atoms with Crippen LogP contribution in [0, 0.1) is 0 Å². The van der Waals surface area contributed by atoms with Crippen molar-refractivity contribution < 1.29 is 9.47 Å². The quantitative estimate of drug-likeness (QED) is 0.240. The van der Waals surface area contributed by atoms with Gasteiger partial charge in [0, 0.05) is 12.1 Å². The highest BCUT2D eigenvalue weighted by atomic mass is 16.5. The molecule has 1 heterocycles. The molecule has 6 aromatic rings. The highest BCUT2D eigenvalue weighted by Crippen LogP contribution is 2.40. The topological polar surface area (TPSA) is 73.5 Å². The van der Waals surface area contributed by atoms with Crippen LogP contribution in [0.1, 0.15) is 0 Å². The Labute approximate surface area is 220 Å². The van der Waals surface area contributed by atoms with Gasteiger partial charge in [-0.15, -0.1) is 0 Å². The average Bonchev–Trinajstić information content (AvgIpc) is 2.95. The maximum Gasteiger partial charge on any atom is 0.181 e. The van der Waals surface area contributed by atoms with Crippen molar-refractivity contribution in [2.24, 2.45) is 0 Å². The van der Waals surface area contributed by atoms with Crippen LogP contribution in [-0.4, -0.2) is 9.97 Å². The van der Waals surface area contributed by atoms with E-state index < -0.39 is 0 Å². The molecule has 0 aliphatic rings. The van der Waals surface area contributed by atoms with Gasteiger partial charge < -0.3 is 15.2 Å². The summed E-state index contributed by atoms with van der Waals surface area (Å²) in [5.41, 5.74) is 9.61. The van der Waals surface area contributed by atoms with Gasteiger partial charge in [0.25, 0.3) is 0 Å². The fraction of sp³-hybridized carbons (Fsp3) is 0. The number of fused-ring (bicyclic) bond motifs is 1. The molecule has 0 aliphatic heterocycles. The molecular formula is C32H24N4O2. The molecule has 6 nitrogen and oxygen atoms in total. The lowest BCUT2D eigenvalue weighted by atomic mass is 10.2. The summed E-state index contributed by atoms with van der Waals surface area (Å²) in [6.07, 6.45) is 0. The van der Waals surface area contributed by atoms with Gasteiger partial charge >= 0.3 is 0 Å². The van der Waals surface area contributed by atoms with Crippen molar-refractivity contribution in [3.8, 4) is 23.0 Å². The Hall–Kier alpha value is -5.36. The third kappa shape index (κ3) is 4.96. The zero-order valence-electron chi connectivity index (χ0n) is 20.4. The molecule has 1 aromatic heterocycles. The third-order valence-electron chi connectivity index (χ3n) is 5.90. The molecule has 0 bridgehead atoms. The van der Waals surface area contributed by atoms with E-state index >= 15 is 0 Å². The molecule has 184 valence electrons. The molecular weight excluding hydrogens is 472 g/mol. The molecule has 0 spiro atoms. The van der Waals surface area contributed by atoms with E-state index in [1.54, 1.807) is 0 Å². The van der Waals surface area contributed by atoms with Crippen LogP contribution in [0.5, 0.6) is 23.0 Å². The van der Waals surface area contributed by atoms with Crippen LogP contribution in [0.25, 0.3) is 11.0 Å². The first-order valence-corrected chi connectivity index (χ1v) is 12.2. The van der Waals surface area contributed by atoms with Gasteiger partial charge in [-0.1, -0.05) is 60.7 Å². The third-order valence-corrected chi connectivity index (χ3v) is 5.90. The molecule has 0 aliphatic carbocycles. The predicted octanol–water partition coefficient (Wildman–Crippen LogP) is 8.27. The second kappa shape index (κ2) is 10.3. The molecule has 5 aromatic carbocycles. The highest BCUT2D eigenvalue weighted by Gasteiger charge is 2.20. The minimum atomic E-state index is 0.312. The molecule has 0 saturated heterocycles. The second-order valence-corrected chi connectivity index (χ2v) is 8.58. The predicted molar refractivity (Wildman–Crippen MR) is 152 cm³/mol. The number of ether oxygens (including phenoxy) is 2. The van der Waals surface area contributed by atoms with E-state index in [0.717, 1.165) is 33.9 Å². The lowest BCUT2D eigenvalue weighted by Gasteiger charge is -2.26. The van der Waals surface area contributed by atoms with Gasteiger partial charge in [-0.05, 0) is 60.7 Å². The summed E-state index contributed by atoms with van der Waals surface area (Å²) < 4.78 is 12.3. The molecule has 0 saturated carbocycles. The van der Waals surface area contributed by atoms with E-state index in [1.807, 2.05) is 138 Å². The maximum atomic E-state index is 6.51. The summed E-state index contributed by atoms with van der Waals surface area (Å²) in [5, 5.41) is 0. The van der Waals surface area contributed by atoms with Crippen molar-refractivity contribution in [3.05, 3.63) is 133 Å². The van der Waals surface area contributed by atoms with Crippen LogP contribution in [0.4, 0.5) is 23.0 Å². The van der Waals surface area contributed by atoms with Gasteiger partial charge in [-0.3, -0.25) is 4.90 Å². The zero-order valence-corrected chi connectivity index (χ0v) is 20.4. The minimum Gasteiger partial charge on any atom is -0.457 e. The molecule has 2 N–H and O–H groups in total. The van der Waals surface area contributed by atoms with Gasteiger partial charge in [0.1, 0.15) is 23.0 Å². The van der Waals surface area contributed by atoms with Crippen molar-refractivity contribution in [2.45, 2.75) is 0 Å². The number of hydrogen-bond donors (Lipinski definition) is 1. The second-order valence-electron chi connectivity index (χ2n) is 8.58. The Balaban J connectivity index is 1.46. The van der Waals surface area contributed by atoms with Crippen LogP contribution in [0.3, 0.4) is 0 Å². The Morgan fingerprint density at radius 2 is 0.921 bits per heavy atom. The molecule has 6 heteroatoms. The lowest BCUT2D eigenvalue weighted by molar-refractivity contribution is 0.482. The van der Waals surface area contributed by atoms with Crippen molar-refractivity contribution in [2.75, 3.05) is 10.6 Å². The number of rotatable bonds is 7. The Kier molecular flexibility index (Phi) is 6.27. The van der Waals surface area contributed by atoms with E-state index in [9.17, 15) is 0 Å². The van der Waals surface area contributed by atoms with Crippen LogP contribution in [0.2, 0.25) is 0 Å². The largest absolute Gasteiger partial charge is 0.457 e. The van der Waals surface area contributed by atoms with E-state index in [1.165, 1.54) is 0 Å². The Bertz CT molecular complexity index is 1610. The first kappa shape index (κ1) is 23.1. The molecule has 0 amide bonds. The summed E-state index contributed by atoms with van der Waals surface area (Å²) in [6, 6.07) is 42.6. The number of para-hydroxylation sites is 4. The van der Waals surface area contributed by atoms with Crippen LogP contribution >= 0.6 is 0 Å². The van der Waals surface area contributed by atoms with Crippen LogP contribution < -0.4 is 20.1 Å². The molecule has 0 fully saturated rings. The SMILES string of the molecule is Nc1nc2ccccc2nc1N(c1cccc(Oc2ccccc2)c1)c1cccc(Oc2ccccc2)c1. The molecule has 0 unspecified atom stereocenters. The Morgan fingerprint density at radius 3 is 1.45 bits per heavy atom. The summed E-state index contributed by atoms with van der Waals surface area (Å²) >= 11 is 0. The van der Waals surface area contributed by atoms with Gasteiger partial charge in [0.2, 0.25) is 0 Å². The maximum absolute atomic E-state index is 6.51.